The van der Waals surface area contributed by atoms with Crippen molar-refractivity contribution in [3.63, 3.8) is 0 Å². The zero-order valence-corrected chi connectivity index (χ0v) is 18.0. The lowest BCUT2D eigenvalue weighted by Gasteiger charge is -2.16. The van der Waals surface area contributed by atoms with E-state index in [1.165, 1.54) is 24.3 Å². The number of carbonyl (C=O) groups excluding carboxylic acids is 2. The number of hydrogen-bond donors (Lipinski definition) is 3. The number of benzene rings is 2. The summed E-state index contributed by atoms with van der Waals surface area (Å²) >= 11 is 11.9. The van der Waals surface area contributed by atoms with Gasteiger partial charge in [-0.25, -0.2) is 0 Å². The van der Waals surface area contributed by atoms with Gasteiger partial charge in [0.15, 0.2) is 0 Å². The summed E-state index contributed by atoms with van der Waals surface area (Å²) in [6.07, 6.45) is 0. The molecule has 1 aromatic heterocycles. The van der Waals surface area contributed by atoms with E-state index in [1.54, 1.807) is 0 Å². The molecule has 0 saturated carbocycles. The maximum atomic E-state index is 12.6. The predicted molar refractivity (Wildman–Crippen MR) is 115 cm³/mol. The molecule has 10 nitrogen and oxygen atoms in total. The van der Waals surface area contributed by atoms with E-state index in [-0.39, 0.29) is 33.3 Å². The number of carbonyl (C=O) groups is 2. The van der Waals surface area contributed by atoms with Crippen LogP contribution in [-0.4, -0.2) is 29.4 Å². The summed E-state index contributed by atoms with van der Waals surface area (Å²) in [6, 6.07) is 8.58. The lowest BCUT2D eigenvalue weighted by molar-refractivity contribution is 0.0880. The zero-order chi connectivity index (χ0) is 23.4. The molecule has 13 heteroatoms. The average molecular weight is 496 g/mol. The normalized spacial score (nSPS) is 13.1. The van der Waals surface area contributed by atoms with Gasteiger partial charge in [-0.15, -0.1) is 0 Å². The summed E-state index contributed by atoms with van der Waals surface area (Å²) in [4.78, 5) is 35.8. The molecule has 1 aliphatic rings. The van der Waals surface area contributed by atoms with Gasteiger partial charge in [-0.3, -0.25) is 28.8 Å². The predicted octanol–water partition coefficient (Wildman–Crippen LogP) is 2.65. The number of nitrogens with zero attached hydrogens (tertiary/aromatic N) is 1. The second-order valence-electron chi connectivity index (χ2n) is 6.56. The van der Waals surface area contributed by atoms with Gasteiger partial charge in [0.1, 0.15) is 22.2 Å². The number of amides is 2. The minimum Gasteiger partial charge on any atom is -0.456 e. The Hall–Kier alpha value is -3.38. The second-order valence-corrected chi connectivity index (χ2v) is 8.79. The first-order valence-corrected chi connectivity index (χ1v) is 10.8. The highest BCUT2D eigenvalue weighted by molar-refractivity contribution is 7.86. The van der Waals surface area contributed by atoms with Crippen LogP contribution in [0, 0.1) is 0 Å². The van der Waals surface area contributed by atoms with E-state index in [1.807, 2.05) is 5.32 Å². The first kappa shape index (κ1) is 21.8. The molecule has 0 aliphatic carbocycles. The Kier molecular flexibility index (Phi) is 5.21. The van der Waals surface area contributed by atoms with Gasteiger partial charge in [0.2, 0.25) is 0 Å². The Morgan fingerprint density at radius 2 is 1.72 bits per heavy atom. The molecule has 0 fully saturated rings. The lowest BCUT2D eigenvalue weighted by Crippen LogP contribution is -2.25. The summed E-state index contributed by atoms with van der Waals surface area (Å²) in [5.41, 5.74) is 4.16. The molecule has 0 radical (unpaired) electrons. The zero-order valence-electron chi connectivity index (χ0n) is 15.6. The minimum atomic E-state index is -4.90. The molecule has 2 amide bonds. The Bertz CT molecular complexity index is 1500. The molecule has 0 spiro atoms. The fourth-order valence-electron chi connectivity index (χ4n) is 3.16. The molecule has 0 bridgehead atoms. The Balaban J connectivity index is 1.90. The van der Waals surface area contributed by atoms with E-state index >= 15 is 0 Å². The highest BCUT2D eigenvalue weighted by atomic mass is 35.5. The van der Waals surface area contributed by atoms with Crippen molar-refractivity contribution in [1.82, 2.24) is 9.88 Å². The van der Waals surface area contributed by atoms with Crippen molar-refractivity contribution in [1.29, 1.82) is 0 Å². The largest absolute Gasteiger partial charge is 0.456 e. The number of halogens is 2. The van der Waals surface area contributed by atoms with E-state index in [0.717, 1.165) is 18.2 Å². The van der Waals surface area contributed by atoms with Crippen molar-refractivity contribution in [2.45, 2.75) is 4.90 Å². The van der Waals surface area contributed by atoms with Crippen LogP contribution in [0.15, 0.2) is 52.2 Å². The van der Waals surface area contributed by atoms with E-state index in [0.29, 0.717) is 9.59 Å². The maximum absolute atomic E-state index is 12.6. The summed E-state index contributed by atoms with van der Waals surface area (Å²) in [5.74, 6) is -2.03. The topological polar surface area (TPSA) is 158 Å². The number of rotatable bonds is 4. The molecule has 4 N–H and O–H groups in total. The Morgan fingerprint density at radius 1 is 1.00 bits per heavy atom. The molecule has 4 rings (SSSR count). The molecule has 0 atom stereocenters. The molecule has 0 unspecified atom stereocenters. The third kappa shape index (κ3) is 3.71. The summed E-state index contributed by atoms with van der Waals surface area (Å²) < 4.78 is 40.2. The number of fused-ring (bicyclic) bond motifs is 1. The molecule has 3 aromatic rings. The van der Waals surface area contributed by atoms with Crippen molar-refractivity contribution < 1.29 is 27.3 Å². The SMILES string of the molecule is Nc1c2c(cc(=O)n1-c1ccc(Oc3ccc(Cl)cc3Cl)cc1S(=O)(=O)O)C(=O)NC2=O. The van der Waals surface area contributed by atoms with Gasteiger partial charge in [0.05, 0.1) is 21.8 Å². The molecule has 32 heavy (non-hydrogen) atoms. The molecule has 2 aromatic carbocycles. The molecule has 2 heterocycles. The maximum Gasteiger partial charge on any atom is 0.296 e. The Labute approximate surface area is 189 Å². The van der Waals surface area contributed by atoms with Gasteiger partial charge in [0, 0.05) is 17.2 Å². The van der Waals surface area contributed by atoms with Crippen molar-refractivity contribution in [3.05, 3.63) is 74.0 Å². The van der Waals surface area contributed by atoms with Gasteiger partial charge >= 0.3 is 0 Å². The number of ether oxygens (including phenoxy) is 1. The highest BCUT2D eigenvalue weighted by Gasteiger charge is 2.33. The van der Waals surface area contributed by atoms with Crippen LogP contribution >= 0.6 is 23.2 Å². The number of nitrogens with one attached hydrogen (secondary N) is 1. The number of pyridine rings is 1. The number of aromatic nitrogens is 1. The van der Waals surface area contributed by atoms with Gasteiger partial charge in [-0.05, 0) is 30.3 Å². The van der Waals surface area contributed by atoms with E-state index in [2.05, 4.69) is 0 Å². The number of nitrogens with two attached hydrogens (primary N) is 1. The van der Waals surface area contributed by atoms with E-state index in [9.17, 15) is 27.4 Å². The first-order valence-electron chi connectivity index (χ1n) is 8.63. The average Bonchev–Trinajstić information content (AvgIpc) is 2.97. The van der Waals surface area contributed by atoms with Crippen LogP contribution in [0.5, 0.6) is 11.5 Å². The van der Waals surface area contributed by atoms with Crippen molar-refractivity contribution in [2.24, 2.45) is 0 Å². The van der Waals surface area contributed by atoms with Gasteiger partial charge in [-0.1, -0.05) is 23.2 Å². The van der Waals surface area contributed by atoms with Crippen LogP contribution < -0.4 is 21.3 Å². The van der Waals surface area contributed by atoms with E-state index < -0.39 is 38.2 Å². The van der Waals surface area contributed by atoms with Gasteiger partial charge in [-0.2, -0.15) is 8.42 Å². The van der Waals surface area contributed by atoms with Crippen LogP contribution in [-0.2, 0) is 10.1 Å². The standard InChI is InChI=1S/C19H11Cl2N3O7S/c20-8-1-4-13(11(21)5-8)31-9-2-3-12(14(6-9)32(28,29)30)24-15(25)7-10-16(17(24)22)19(27)23-18(10)26/h1-7H,22H2,(H,23,26,27)(H,28,29,30). The molecule has 164 valence electrons. The monoisotopic (exact) mass is 495 g/mol. The molecular weight excluding hydrogens is 485 g/mol. The van der Waals surface area contributed by atoms with Gasteiger partial charge < -0.3 is 10.5 Å². The minimum absolute atomic E-state index is 0.0497. The van der Waals surface area contributed by atoms with Crippen LogP contribution in [0.25, 0.3) is 5.69 Å². The third-order valence-corrected chi connectivity index (χ3v) is 5.94. The van der Waals surface area contributed by atoms with Crippen LogP contribution in [0.4, 0.5) is 5.82 Å². The first-order chi connectivity index (χ1) is 15.0. The highest BCUT2D eigenvalue weighted by Crippen LogP contribution is 2.34. The molecule has 0 saturated heterocycles. The van der Waals surface area contributed by atoms with E-state index in [4.69, 9.17) is 33.7 Å². The molecular formula is C19H11Cl2N3O7S. The fraction of sp³-hybridized carbons (Fsp3) is 0. The van der Waals surface area contributed by atoms with Crippen molar-refractivity contribution >= 4 is 51.0 Å². The van der Waals surface area contributed by atoms with Crippen molar-refractivity contribution in [2.75, 3.05) is 5.73 Å². The summed E-state index contributed by atoms with van der Waals surface area (Å²) in [6.45, 7) is 0. The fourth-order valence-corrected chi connectivity index (χ4v) is 4.30. The Morgan fingerprint density at radius 3 is 2.38 bits per heavy atom. The van der Waals surface area contributed by atoms with Gasteiger partial charge in [0.25, 0.3) is 27.5 Å². The quantitative estimate of drug-likeness (QED) is 0.368. The second kappa shape index (κ2) is 7.64. The lowest BCUT2D eigenvalue weighted by atomic mass is 10.1. The number of imide groups is 1. The third-order valence-electron chi connectivity index (χ3n) is 4.53. The van der Waals surface area contributed by atoms with Crippen LogP contribution in [0.1, 0.15) is 20.7 Å². The number of nitrogen functional groups attached to an aromatic ring is 1. The number of hydrogen-bond acceptors (Lipinski definition) is 7. The van der Waals surface area contributed by atoms with Crippen molar-refractivity contribution in [3.8, 4) is 17.2 Å². The van der Waals surface area contributed by atoms with Crippen LogP contribution in [0.2, 0.25) is 10.0 Å². The summed E-state index contributed by atoms with van der Waals surface area (Å²) in [7, 11) is -4.90. The molecule has 1 aliphatic heterocycles. The summed E-state index contributed by atoms with van der Waals surface area (Å²) in [5, 5.41) is 2.50. The van der Waals surface area contributed by atoms with Crippen LogP contribution in [0.3, 0.4) is 0 Å². The number of anilines is 1. The smallest absolute Gasteiger partial charge is 0.296 e.